The molecule has 1 aromatic heterocycles. The average molecular weight is 542 g/mol. The Balaban J connectivity index is 1.44. The van der Waals surface area contributed by atoms with Crippen LogP contribution in [-0.2, 0) is 11.2 Å². The van der Waals surface area contributed by atoms with E-state index in [2.05, 4.69) is 39.9 Å². The molecule has 0 saturated carbocycles. The van der Waals surface area contributed by atoms with Gasteiger partial charge in [0.05, 0.1) is 11.6 Å². The van der Waals surface area contributed by atoms with Crippen LogP contribution in [0, 0.1) is 11.6 Å². The summed E-state index contributed by atoms with van der Waals surface area (Å²) in [5.41, 5.74) is 1.69. The number of hydrogen-bond acceptors (Lipinski definition) is 5. The van der Waals surface area contributed by atoms with Gasteiger partial charge in [-0.15, -0.1) is 0 Å². The van der Waals surface area contributed by atoms with Crippen molar-refractivity contribution in [3.05, 3.63) is 132 Å². The molecule has 0 radical (unpaired) electrons. The fraction of sp³-hybridized carbons (Fsp3) is 0.250. The molecular formula is C32H29F2N3O3. The number of halogens is 2. The lowest BCUT2D eigenvalue weighted by atomic mass is 9.68. The standard InChI is InChI=1S/C32H29F2N3O3/c33-24-15-21(16-25(34)18-24)17-27-30(40-31(38)37-27)32(19-26(20-36-32)39-28-13-7-8-14-35-28)29(22-9-3-1-4-10-22)23-11-5-2-6-12-23/h1-16,18,26-27,29-30,36H,17,19-20H2,(H,37,38)/t26-,27-,30-,32+/m0/s1. The largest absolute Gasteiger partial charge is 0.473 e. The Bertz CT molecular complexity index is 1400. The van der Waals surface area contributed by atoms with E-state index in [1.54, 1.807) is 6.20 Å². The number of aromatic nitrogens is 1. The lowest BCUT2D eigenvalue weighted by Crippen LogP contribution is -2.60. The van der Waals surface area contributed by atoms with Crippen molar-refractivity contribution in [2.24, 2.45) is 0 Å². The quantitative estimate of drug-likeness (QED) is 0.313. The van der Waals surface area contributed by atoms with Gasteiger partial charge in [-0.25, -0.2) is 18.6 Å². The summed E-state index contributed by atoms with van der Waals surface area (Å²) >= 11 is 0. The second-order valence-electron chi connectivity index (χ2n) is 10.3. The van der Waals surface area contributed by atoms with Crippen molar-refractivity contribution in [2.45, 2.75) is 42.5 Å². The van der Waals surface area contributed by atoms with Gasteiger partial charge in [0.15, 0.2) is 0 Å². The normalized spacial score (nSPS) is 24.1. The number of nitrogens with zero attached hydrogens (tertiary/aromatic N) is 1. The van der Waals surface area contributed by atoms with Gasteiger partial charge >= 0.3 is 6.09 Å². The molecule has 2 saturated heterocycles. The van der Waals surface area contributed by atoms with E-state index >= 15 is 0 Å². The van der Waals surface area contributed by atoms with Crippen molar-refractivity contribution in [1.82, 2.24) is 15.6 Å². The zero-order valence-electron chi connectivity index (χ0n) is 21.7. The van der Waals surface area contributed by atoms with Gasteiger partial charge in [-0.1, -0.05) is 66.7 Å². The summed E-state index contributed by atoms with van der Waals surface area (Å²) in [5, 5.41) is 6.64. The molecule has 4 atom stereocenters. The Labute approximate surface area is 231 Å². The Kier molecular flexibility index (Phi) is 7.17. The molecule has 3 aromatic carbocycles. The fourth-order valence-corrected chi connectivity index (χ4v) is 6.24. The van der Waals surface area contributed by atoms with Crippen LogP contribution in [-0.4, -0.2) is 41.4 Å². The highest BCUT2D eigenvalue weighted by Gasteiger charge is 2.58. The summed E-state index contributed by atoms with van der Waals surface area (Å²) in [6.45, 7) is 0.488. The topological polar surface area (TPSA) is 72.5 Å². The minimum absolute atomic E-state index is 0.191. The van der Waals surface area contributed by atoms with E-state index in [0.717, 1.165) is 17.2 Å². The fourth-order valence-electron chi connectivity index (χ4n) is 6.24. The lowest BCUT2D eigenvalue weighted by Gasteiger charge is -2.43. The van der Waals surface area contributed by atoms with Crippen LogP contribution in [0.15, 0.2) is 103 Å². The summed E-state index contributed by atoms with van der Waals surface area (Å²) in [4.78, 5) is 17.1. The molecule has 4 aromatic rings. The molecule has 40 heavy (non-hydrogen) atoms. The first-order valence-corrected chi connectivity index (χ1v) is 13.3. The zero-order chi connectivity index (χ0) is 27.5. The van der Waals surface area contributed by atoms with Crippen molar-refractivity contribution in [1.29, 1.82) is 0 Å². The predicted molar refractivity (Wildman–Crippen MR) is 146 cm³/mol. The van der Waals surface area contributed by atoms with Crippen molar-refractivity contribution in [3.63, 3.8) is 0 Å². The van der Waals surface area contributed by atoms with Crippen molar-refractivity contribution in [2.75, 3.05) is 6.54 Å². The number of cyclic esters (lactones) is 1. The van der Waals surface area contributed by atoms with Crippen LogP contribution < -0.4 is 15.4 Å². The van der Waals surface area contributed by atoms with Gasteiger partial charge in [0, 0.05) is 37.2 Å². The Hall–Kier alpha value is -4.30. The highest BCUT2D eigenvalue weighted by Crippen LogP contribution is 2.46. The molecule has 0 bridgehead atoms. The average Bonchev–Trinajstić information content (AvgIpc) is 3.53. The van der Waals surface area contributed by atoms with Crippen LogP contribution in [0.5, 0.6) is 5.88 Å². The highest BCUT2D eigenvalue weighted by molar-refractivity contribution is 5.71. The van der Waals surface area contributed by atoms with E-state index in [1.165, 1.54) is 12.1 Å². The third-order valence-corrected chi connectivity index (χ3v) is 7.72. The predicted octanol–water partition coefficient (Wildman–Crippen LogP) is 5.39. The van der Waals surface area contributed by atoms with Gasteiger partial charge in [0.25, 0.3) is 0 Å². The second-order valence-corrected chi connectivity index (χ2v) is 10.3. The van der Waals surface area contributed by atoms with Crippen LogP contribution in [0.25, 0.3) is 0 Å². The van der Waals surface area contributed by atoms with Gasteiger partial charge < -0.3 is 20.1 Å². The molecular weight excluding hydrogens is 512 g/mol. The number of benzene rings is 3. The number of ether oxygens (including phenoxy) is 2. The number of nitrogens with one attached hydrogen (secondary N) is 2. The molecule has 2 N–H and O–H groups in total. The molecule has 1 amide bonds. The van der Waals surface area contributed by atoms with E-state index in [0.29, 0.717) is 24.4 Å². The van der Waals surface area contributed by atoms with Gasteiger partial charge in [-0.2, -0.15) is 0 Å². The third-order valence-electron chi connectivity index (χ3n) is 7.72. The Morgan fingerprint density at radius 1 is 0.925 bits per heavy atom. The first-order valence-electron chi connectivity index (χ1n) is 13.3. The van der Waals surface area contributed by atoms with E-state index in [4.69, 9.17) is 9.47 Å². The van der Waals surface area contributed by atoms with E-state index < -0.39 is 35.4 Å². The molecule has 204 valence electrons. The summed E-state index contributed by atoms with van der Waals surface area (Å²) in [5.74, 6) is -1.06. The van der Waals surface area contributed by atoms with Crippen LogP contribution in [0.1, 0.15) is 29.0 Å². The van der Waals surface area contributed by atoms with Crippen molar-refractivity contribution < 1.29 is 23.0 Å². The molecule has 8 heteroatoms. The molecule has 6 rings (SSSR count). The van der Waals surface area contributed by atoms with Crippen LogP contribution >= 0.6 is 0 Å². The highest BCUT2D eigenvalue weighted by atomic mass is 19.1. The number of pyridine rings is 1. The molecule has 0 spiro atoms. The molecule has 6 nitrogen and oxygen atoms in total. The molecule has 0 aliphatic carbocycles. The number of rotatable bonds is 8. The maximum absolute atomic E-state index is 14.1. The first-order chi connectivity index (χ1) is 19.5. The summed E-state index contributed by atoms with van der Waals surface area (Å²) < 4.78 is 40.5. The minimum Gasteiger partial charge on any atom is -0.473 e. The van der Waals surface area contributed by atoms with Crippen molar-refractivity contribution in [3.8, 4) is 5.88 Å². The summed E-state index contributed by atoms with van der Waals surface area (Å²) in [6.07, 6.45) is 0.841. The van der Waals surface area contributed by atoms with Gasteiger partial charge in [0.1, 0.15) is 23.8 Å². The number of alkyl carbamates (subject to hydrolysis) is 1. The van der Waals surface area contributed by atoms with Gasteiger partial charge in [0.2, 0.25) is 5.88 Å². The smallest absolute Gasteiger partial charge is 0.407 e. The maximum atomic E-state index is 14.1. The second kappa shape index (κ2) is 11.1. The van der Waals surface area contributed by atoms with Gasteiger partial charge in [-0.05, 0) is 41.3 Å². The summed E-state index contributed by atoms with van der Waals surface area (Å²) in [7, 11) is 0. The van der Waals surface area contributed by atoms with E-state index in [9.17, 15) is 13.6 Å². The lowest BCUT2D eigenvalue weighted by molar-refractivity contribution is 0.0477. The van der Waals surface area contributed by atoms with E-state index in [-0.39, 0.29) is 18.4 Å². The van der Waals surface area contributed by atoms with Crippen LogP contribution in [0.2, 0.25) is 0 Å². The zero-order valence-corrected chi connectivity index (χ0v) is 21.7. The SMILES string of the molecule is O=C1N[C@@H](Cc2cc(F)cc(F)c2)[C@@H]([C@]2(C(c3ccccc3)c3ccccc3)C[C@H](Oc3ccccn3)CN2)O1. The number of hydrogen-bond donors (Lipinski definition) is 2. The van der Waals surface area contributed by atoms with Crippen LogP contribution in [0.3, 0.4) is 0 Å². The number of carbonyl (C=O) groups excluding carboxylic acids is 1. The monoisotopic (exact) mass is 541 g/mol. The molecule has 2 aliphatic heterocycles. The molecule has 0 unspecified atom stereocenters. The van der Waals surface area contributed by atoms with E-state index in [1.807, 2.05) is 54.6 Å². The summed E-state index contributed by atoms with van der Waals surface area (Å²) in [6, 6.07) is 28.5. The van der Waals surface area contributed by atoms with Crippen molar-refractivity contribution >= 4 is 6.09 Å². The molecule has 2 aliphatic rings. The Morgan fingerprint density at radius 3 is 2.20 bits per heavy atom. The molecule has 2 fully saturated rings. The first kappa shape index (κ1) is 26.0. The van der Waals surface area contributed by atoms with Gasteiger partial charge in [-0.3, -0.25) is 0 Å². The Morgan fingerprint density at radius 2 is 1.57 bits per heavy atom. The minimum atomic E-state index is -0.822. The van der Waals surface area contributed by atoms with Crippen LogP contribution in [0.4, 0.5) is 13.6 Å². The number of amides is 1. The molecule has 3 heterocycles. The maximum Gasteiger partial charge on any atom is 0.407 e. The number of carbonyl (C=O) groups is 1. The third kappa shape index (κ3) is 5.27.